The third kappa shape index (κ3) is 9.47. The van der Waals surface area contributed by atoms with Crippen LogP contribution in [-0.4, -0.2) is 69.6 Å². The molecular formula is C29H37N3O5S2. The number of aliphatic carboxylic acids is 1. The molecule has 1 aliphatic heterocycles. The molecule has 0 bridgehead atoms. The van der Waals surface area contributed by atoms with Crippen LogP contribution in [0.5, 0.6) is 11.5 Å². The molecule has 2 aromatic carbocycles. The van der Waals surface area contributed by atoms with Crippen LogP contribution in [0, 0.1) is 5.92 Å². The van der Waals surface area contributed by atoms with Crippen LogP contribution in [0.25, 0.3) is 0 Å². The van der Waals surface area contributed by atoms with Crippen LogP contribution in [0.4, 0.5) is 0 Å². The van der Waals surface area contributed by atoms with Gasteiger partial charge >= 0.3 is 5.97 Å². The van der Waals surface area contributed by atoms with Gasteiger partial charge < -0.3 is 20.5 Å². The number of carbonyl (C=O) groups is 3. The van der Waals surface area contributed by atoms with Gasteiger partial charge in [-0.05, 0) is 54.3 Å². The second-order valence-electron chi connectivity index (χ2n) is 10.0. The number of carboxylic acid groups (broad SMARTS) is 1. The van der Waals surface area contributed by atoms with Crippen molar-refractivity contribution in [2.45, 2.75) is 50.7 Å². The van der Waals surface area contributed by atoms with Gasteiger partial charge in [0.1, 0.15) is 17.5 Å². The van der Waals surface area contributed by atoms with Gasteiger partial charge in [0, 0.05) is 23.9 Å². The van der Waals surface area contributed by atoms with E-state index >= 15 is 0 Å². The lowest BCUT2D eigenvalue weighted by Gasteiger charge is -2.25. The number of thioether (sulfide) groups is 2. The lowest BCUT2D eigenvalue weighted by atomic mass is 9.91. The molecule has 2 aliphatic rings. The molecule has 3 N–H and O–H groups in total. The maximum atomic E-state index is 13.2. The van der Waals surface area contributed by atoms with Crippen molar-refractivity contribution in [1.82, 2.24) is 15.5 Å². The molecule has 8 nitrogen and oxygen atoms in total. The molecule has 210 valence electrons. The van der Waals surface area contributed by atoms with E-state index in [1.54, 1.807) is 16.7 Å². The molecule has 2 aromatic rings. The molecular weight excluding hydrogens is 534 g/mol. The highest BCUT2D eigenvalue weighted by Crippen LogP contribution is 2.27. The fourth-order valence-corrected chi connectivity index (χ4v) is 7.29. The number of carbonyl (C=O) groups excluding carboxylic acids is 2. The van der Waals surface area contributed by atoms with Gasteiger partial charge in [-0.15, -0.1) is 11.8 Å². The summed E-state index contributed by atoms with van der Waals surface area (Å²) in [4.78, 5) is 39.2. The molecule has 1 heterocycles. The van der Waals surface area contributed by atoms with Crippen LogP contribution in [0.2, 0.25) is 0 Å². The summed E-state index contributed by atoms with van der Waals surface area (Å²) in [5, 5.41) is 15.1. The molecule has 0 aromatic heterocycles. The maximum Gasteiger partial charge on any atom is 0.317 e. The maximum absolute atomic E-state index is 13.2. The van der Waals surface area contributed by atoms with E-state index in [-0.39, 0.29) is 18.4 Å². The number of amides is 2. The summed E-state index contributed by atoms with van der Waals surface area (Å²) in [6.07, 6.45) is 6.28. The van der Waals surface area contributed by atoms with Crippen molar-refractivity contribution in [2.75, 3.05) is 29.7 Å². The first-order chi connectivity index (χ1) is 19.0. The van der Waals surface area contributed by atoms with Crippen LogP contribution in [0.15, 0.2) is 54.6 Å². The Hall–Kier alpha value is -2.69. The first-order valence-electron chi connectivity index (χ1n) is 13.5. The lowest BCUT2D eigenvalue weighted by molar-refractivity contribution is -0.139. The van der Waals surface area contributed by atoms with Crippen molar-refractivity contribution >= 4 is 41.3 Å². The van der Waals surface area contributed by atoms with Crippen molar-refractivity contribution in [3.63, 3.8) is 0 Å². The van der Waals surface area contributed by atoms with Gasteiger partial charge in [0.15, 0.2) is 0 Å². The monoisotopic (exact) mass is 571 g/mol. The van der Waals surface area contributed by atoms with E-state index in [1.165, 1.54) is 43.9 Å². The Morgan fingerprint density at radius 3 is 2.46 bits per heavy atom. The minimum absolute atomic E-state index is 0.192. The van der Waals surface area contributed by atoms with E-state index in [1.807, 2.05) is 54.6 Å². The average molecular weight is 572 g/mol. The zero-order valence-electron chi connectivity index (χ0n) is 22.1. The molecule has 1 saturated carbocycles. The quantitative estimate of drug-likeness (QED) is 0.326. The smallest absolute Gasteiger partial charge is 0.317 e. The van der Waals surface area contributed by atoms with Crippen LogP contribution in [0.3, 0.4) is 0 Å². The molecule has 39 heavy (non-hydrogen) atoms. The highest BCUT2D eigenvalue weighted by Gasteiger charge is 2.34. The number of para-hydroxylation sites is 1. The number of nitrogens with one attached hydrogen (secondary N) is 2. The van der Waals surface area contributed by atoms with Crippen molar-refractivity contribution in [2.24, 2.45) is 5.92 Å². The zero-order valence-corrected chi connectivity index (χ0v) is 23.7. The van der Waals surface area contributed by atoms with Gasteiger partial charge in [0.25, 0.3) is 0 Å². The predicted octanol–water partition coefficient (Wildman–Crippen LogP) is 4.35. The van der Waals surface area contributed by atoms with Crippen LogP contribution >= 0.6 is 23.5 Å². The molecule has 2 atom stereocenters. The fraction of sp³-hybridized carbons (Fsp3) is 0.483. The second-order valence-corrected chi connectivity index (χ2v) is 12.1. The van der Waals surface area contributed by atoms with E-state index in [4.69, 9.17) is 4.74 Å². The van der Waals surface area contributed by atoms with Gasteiger partial charge in [0.05, 0.1) is 12.6 Å². The topological polar surface area (TPSA) is 108 Å². The summed E-state index contributed by atoms with van der Waals surface area (Å²) in [6.45, 7) is 0.136. The Kier molecular flexibility index (Phi) is 11.4. The lowest BCUT2D eigenvalue weighted by Crippen LogP contribution is -2.54. The number of benzene rings is 2. The van der Waals surface area contributed by atoms with E-state index in [0.29, 0.717) is 35.6 Å². The highest BCUT2D eigenvalue weighted by molar-refractivity contribution is 7.99. The summed E-state index contributed by atoms with van der Waals surface area (Å²) in [5.74, 6) is 3.10. The van der Waals surface area contributed by atoms with E-state index in [0.717, 1.165) is 17.1 Å². The SMILES string of the molecule is O=C(O)CN1CSCC1C(=O)NC(CSCC1CCCCC1)C(=O)NCc1ccc(Oc2ccccc2)cc1. The van der Waals surface area contributed by atoms with Gasteiger partial charge in [-0.25, -0.2) is 0 Å². The predicted molar refractivity (Wildman–Crippen MR) is 156 cm³/mol. The van der Waals surface area contributed by atoms with E-state index < -0.39 is 18.1 Å². The number of rotatable bonds is 13. The average Bonchev–Trinajstić information content (AvgIpc) is 3.40. The van der Waals surface area contributed by atoms with Crippen molar-refractivity contribution in [3.8, 4) is 11.5 Å². The standard InChI is InChI=1S/C29H37N3O5S2/c33-27(34)16-32-20-39-19-26(32)29(36)31-25(18-38-17-22-7-3-1-4-8-22)28(35)30-15-21-11-13-24(14-12-21)37-23-9-5-2-6-10-23/h2,5-6,9-14,22,25-26H,1,3-4,7-8,15-20H2,(H,30,35)(H,31,36)(H,33,34). The van der Waals surface area contributed by atoms with Gasteiger partial charge in [0.2, 0.25) is 11.8 Å². The highest BCUT2D eigenvalue weighted by atomic mass is 32.2. The third-order valence-electron chi connectivity index (χ3n) is 6.98. The largest absolute Gasteiger partial charge is 0.480 e. The van der Waals surface area contributed by atoms with Gasteiger partial charge in [-0.1, -0.05) is 49.6 Å². The molecule has 0 spiro atoms. The Bertz CT molecular complexity index is 1080. The second kappa shape index (κ2) is 15.2. The Morgan fingerprint density at radius 1 is 1.03 bits per heavy atom. The molecule has 2 amide bonds. The summed E-state index contributed by atoms with van der Waals surface area (Å²) in [6, 6.07) is 15.8. The fourth-order valence-electron chi connectivity index (χ4n) is 4.82. The van der Waals surface area contributed by atoms with Crippen LogP contribution < -0.4 is 15.4 Å². The Morgan fingerprint density at radius 2 is 1.74 bits per heavy atom. The Labute approximate surface area is 238 Å². The minimum atomic E-state index is -0.965. The summed E-state index contributed by atoms with van der Waals surface area (Å²) < 4.78 is 5.84. The van der Waals surface area contributed by atoms with E-state index in [9.17, 15) is 19.5 Å². The van der Waals surface area contributed by atoms with E-state index in [2.05, 4.69) is 10.6 Å². The van der Waals surface area contributed by atoms with Crippen molar-refractivity contribution in [1.29, 1.82) is 0 Å². The molecule has 10 heteroatoms. The van der Waals surface area contributed by atoms with Gasteiger partial charge in [-0.2, -0.15) is 11.8 Å². The first kappa shape index (κ1) is 29.3. The molecule has 2 fully saturated rings. The number of hydrogen-bond donors (Lipinski definition) is 3. The first-order valence-corrected chi connectivity index (χ1v) is 15.8. The zero-order chi connectivity index (χ0) is 27.5. The normalized spacial score (nSPS) is 18.8. The minimum Gasteiger partial charge on any atom is -0.480 e. The summed E-state index contributed by atoms with van der Waals surface area (Å²) in [5.41, 5.74) is 0.920. The molecule has 2 unspecified atom stereocenters. The number of ether oxygens (including phenoxy) is 1. The van der Waals surface area contributed by atoms with Crippen LogP contribution in [0.1, 0.15) is 37.7 Å². The number of carboxylic acids is 1. The summed E-state index contributed by atoms with van der Waals surface area (Å²) >= 11 is 3.24. The molecule has 0 radical (unpaired) electrons. The molecule has 4 rings (SSSR count). The third-order valence-corrected chi connectivity index (χ3v) is 9.32. The van der Waals surface area contributed by atoms with Crippen molar-refractivity contribution < 1.29 is 24.2 Å². The van der Waals surface area contributed by atoms with Gasteiger partial charge in [-0.3, -0.25) is 19.3 Å². The Balaban J connectivity index is 1.33. The van der Waals surface area contributed by atoms with Crippen LogP contribution in [-0.2, 0) is 20.9 Å². The molecule has 1 aliphatic carbocycles. The molecule has 1 saturated heterocycles. The number of hydrogen-bond acceptors (Lipinski definition) is 7. The summed E-state index contributed by atoms with van der Waals surface area (Å²) in [7, 11) is 0. The number of nitrogens with zero attached hydrogens (tertiary/aromatic N) is 1. The van der Waals surface area contributed by atoms with Crippen molar-refractivity contribution in [3.05, 3.63) is 60.2 Å².